The molecule has 3 nitrogen and oxygen atoms in total. The second-order valence-electron chi connectivity index (χ2n) is 13.8. The molecule has 0 aliphatic rings. The van der Waals surface area contributed by atoms with Gasteiger partial charge in [-0.25, -0.2) is 0 Å². The number of fused-ring (bicyclic) bond motifs is 3. The molecular formula is C43H42IrN2OSi-2. The van der Waals surface area contributed by atoms with E-state index in [-0.39, 0.29) is 20.1 Å². The predicted octanol–water partition coefficient (Wildman–Crippen LogP) is 11.5. The number of benzene rings is 4. The van der Waals surface area contributed by atoms with Gasteiger partial charge in [-0.05, 0) is 57.2 Å². The Kier molecular flexibility index (Phi) is 10.9. The van der Waals surface area contributed by atoms with Crippen molar-refractivity contribution in [1.29, 1.82) is 0 Å². The minimum absolute atomic E-state index is 0. The fraction of sp³-hybridized carbons (Fsp3) is 0.209. The average Bonchev–Trinajstić information content (AvgIpc) is 3.46. The number of hydrogen-bond acceptors (Lipinski definition) is 3. The van der Waals surface area contributed by atoms with Crippen LogP contribution in [0.3, 0.4) is 0 Å². The van der Waals surface area contributed by atoms with Crippen molar-refractivity contribution < 1.29 is 24.5 Å². The Labute approximate surface area is 299 Å². The van der Waals surface area contributed by atoms with Crippen molar-refractivity contribution in [2.75, 3.05) is 0 Å². The summed E-state index contributed by atoms with van der Waals surface area (Å²) in [4.78, 5) is 9.09. The maximum atomic E-state index is 6.18. The Morgan fingerprint density at radius 1 is 0.625 bits per heavy atom. The summed E-state index contributed by atoms with van der Waals surface area (Å²) in [5.41, 5.74) is 10.8. The van der Waals surface area contributed by atoms with Crippen molar-refractivity contribution in [3.8, 4) is 33.6 Å². The van der Waals surface area contributed by atoms with E-state index < -0.39 is 8.07 Å². The number of hydrogen-bond donors (Lipinski definition) is 0. The molecular weight excluding hydrogens is 781 g/mol. The minimum Gasteiger partial charge on any atom is -0.500 e. The van der Waals surface area contributed by atoms with Gasteiger partial charge >= 0.3 is 0 Å². The van der Waals surface area contributed by atoms with Crippen LogP contribution in [0.1, 0.15) is 50.7 Å². The maximum Gasteiger partial charge on any atom is 0.121 e. The normalized spacial score (nSPS) is 11.4. The van der Waals surface area contributed by atoms with Crippen LogP contribution < -0.4 is 5.19 Å². The van der Waals surface area contributed by atoms with Gasteiger partial charge in [0.1, 0.15) is 5.58 Å². The predicted molar refractivity (Wildman–Crippen MR) is 201 cm³/mol. The van der Waals surface area contributed by atoms with Crippen LogP contribution in [0.4, 0.5) is 0 Å². The van der Waals surface area contributed by atoms with Crippen molar-refractivity contribution in [3.05, 3.63) is 139 Å². The Morgan fingerprint density at radius 3 is 2.02 bits per heavy atom. The minimum atomic E-state index is -1.23. The van der Waals surface area contributed by atoms with Crippen LogP contribution in [0, 0.1) is 12.1 Å². The Morgan fingerprint density at radius 2 is 1.38 bits per heavy atom. The van der Waals surface area contributed by atoms with Gasteiger partial charge in [-0.2, -0.15) is 0 Å². The summed E-state index contributed by atoms with van der Waals surface area (Å²) in [7, 11) is -1.23. The van der Waals surface area contributed by atoms with E-state index in [0.717, 1.165) is 50.0 Å². The van der Waals surface area contributed by atoms with Crippen LogP contribution >= 0.6 is 0 Å². The molecule has 245 valence electrons. The molecule has 0 atom stereocenters. The molecule has 0 bridgehead atoms. The molecule has 0 unspecified atom stereocenters. The molecule has 0 fully saturated rings. The molecule has 0 saturated heterocycles. The van der Waals surface area contributed by atoms with E-state index in [2.05, 4.69) is 142 Å². The van der Waals surface area contributed by atoms with Gasteiger partial charge < -0.3 is 14.4 Å². The smallest absolute Gasteiger partial charge is 0.121 e. The quantitative estimate of drug-likeness (QED) is 0.124. The van der Waals surface area contributed by atoms with Crippen LogP contribution in [-0.2, 0) is 20.1 Å². The van der Waals surface area contributed by atoms with Crippen molar-refractivity contribution in [1.82, 2.24) is 9.97 Å². The monoisotopic (exact) mass is 823 g/mol. The molecule has 1 radical (unpaired) electrons. The molecule has 0 aliphatic heterocycles. The second kappa shape index (κ2) is 14.9. The topological polar surface area (TPSA) is 38.9 Å². The molecule has 4 aromatic carbocycles. The van der Waals surface area contributed by atoms with Crippen molar-refractivity contribution in [2.45, 2.75) is 59.2 Å². The van der Waals surface area contributed by atoms with Gasteiger partial charge in [0.2, 0.25) is 0 Å². The summed E-state index contributed by atoms with van der Waals surface area (Å²) in [5, 5.41) is 3.61. The third-order valence-electron chi connectivity index (χ3n) is 8.66. The van der Waals surface area contributed by atoms with Crippen LogP contribution in [0.15, 0.2) is 120 Å². The van der Waals surface area contributed by atoms with Gasteiger partial charge in [-0.3, -0.25) is 0 Å². The fourth-order valence-electron chi connectivity index (χ4n) is 5.61. The number of furan rings is 1. The van der Waals surface area contributed by atoms with Crippen LogP contribution in [-0.4, -0.2) is 18.0 Å². The summed E-state index contributed by atoms with van der Waals surface area (Å²) < 4.78 is 6.18. The molecule has 0 N–H and O–H groups in total. The van der Waals surface area contributed by atoms with Gasteiger partial charge in [-0.1, -0.05) is 113 Å². The van der Waals surface area contributed by atoms with Gasteiger partial charge in [0.25, 0.3) is 0 Å². The van der Waals surface area contributed by atoms with E-state index in [1.807, 2.05) is 42.7 Å². The summed E-state index contributed by atoms with van der Waals surface area (Å²) in [6.07, 6.45) is 3.90. The van der Waals surface area contributed by atoms with Crippen LogP contribution in [0.2, 0.25) is 19.6 Å². The first-order valence-electron chi connectivity index (χ1n) is 16.4. The third kappa shape index (κ3) is 7.93. The first kappa shape index (κ1) is 35.2. The zero-order valence-electron chi connectivity index (χ0n) is 28.8. The van der Waals surface area contributed by atoms with E-state index in [4.69, 9.17) is 4.42 Å². The molecule has 0 aliphatic carbocycles. The molecule has 7 rings (SSSR count). The first-order valence-corrected chi connectivity index (χ1v) is 19.9. The summed E-state index contributed by atoms with van der Waals surface area (Å²) in [5.74, 6) is 1.00. The van der Waals surface area contributed by atoms with E-state index in [1.54, 1.807) is 0 Å². The van der Waals surface area contributed by atoms with E-state index in [1.165, 1.54) is 21.9 Å². The van der Waals surface area contributed by atoms with Crippen molar-refractivity contribution >= 4 is 35.2 Å². The summed E-state index contributed by atoms with van der Waals surface area (Å²) in [6, 6.07) is 42.4. The van der Waals surface area contributed by atoms with Crippen molar-refractivity contribution in [2.24, 2.45) is 0 Å². The van der Waals surface area contributed by atoms with E-state index in [9.17, 15) is 0 Å². The zero-order valence-corrected chi connectivity index (χ0v) is 32.2. The molecule has 0 amide bonds. The van der Waals surface area contributed by atoms with Gasteiger partial charge in [0.05, 0.1) is 13.7 Å². The second-order valence-corrected chi connectivity index (χ2v) is 18.9. The Balaban J connectivity index is 0.000000224. The Hall–Kier alpha value is -4.15. The number of aromatic nitrogens is 2. The molecule has 3 heterocycles. The van der Waals surface area contributed by atoms with Crippen molar-refractivity contribution in [3.63, 3.8) is 0 Å². The number of nitrogens with zero attached hydrogens (tertiary/aromatic N) is 2. The zero-order chi connectivity index (χ0) is 33.1. The average molecular weight is 823 g/mol. The van der Waals surface area contributed by atoms with E-state index in [0.29, 0.717) is 11.8 Å². The van der Waals surface area contributed by atoms with E-state index >= 15 is 0 Å². The van der Waals surface area contributed by atoms with Crippen LogP contribution in [0.25, 0.3) is 55.6 Å². The summed E-state index contributed by atoms with van der Waals surface area (Å²) >= 11 is 0. The van der Waals surface area contributed by atoms with Gasteiger partial charge in [0.15, 0.2) is 0 Å². The third-order valence-corrected chi connectivity index (χ3v) is 10.7. The Bertz CT molecular complexity index is 2110. The SMILES string of the molecule is CC(C)c1ccc(-c2ccc3c(c2)oc2c[c-]c(-c4cc(C(C)C)ccn4)cc23)cc1.C[Si](C)(C)c1ccc(-c2[c-]cccc2)nc1.[Ir]. The molecule has 3 aromatic heterocycles. The molecule has 48 heavy (non-hydrogen) atoms. The first-order chi connectivity index (χ1) is 22.6. The maximum absolute atomic E-state index is 6.18. The fourth-order valence-corrected chi connectivity index (χ4v) is 6.65. The number of rotatable bonds is 6. The number of pyridine rings is 2. The molecule has 5 heteroatoms. The van der Waals surface area contributed by atoms with Gasteiger partial charge in [0, 0.05) is 37.9 Å². The molecule has 0 saturated carbocycles. The van der Waals surface area contributed by atoms with Crippen LogP contribution in [0.5, 0.6) is 0 Å². The molecule has 7 aromatic rings. The largest absolute Gasteiger partial charge is 0.500 e. The standard InChI is InChI=1S/C29H26NO.C14H16NSi.Ir/c1-18(2)20-5-7-21(8-6-20)23-9-11-25-26-15-24(10-12-28(26)31-29(25)17-23)27-16-22(19(3)4)13-14-30-27;1-16(2,3)13-9-10-14(15-11-13)12-7-5-4-6-8-12;/h5-9,11-19H,1-4H3;4-7,9-11H,1-3H3;/q2*-1;. The van der Waals surface area contributed by atoms with Gasteiger partial charge in [-0.15, -0.1) is 59.7 Å². The molecule has 0 spiro atoms. The summed E-state index contributed by atoms with van der Waals surface area (Å²) in [6.45, 7) is 15.8.